The summed E-state index contributed by atoms with van der Waals surface area (Å²) in [6.07, 6.45) is 3.66. The van der Waals surface area contributed by atoms with Gasteiger partial charge in [-0.3, -0.25) is 0 Å². The first-order chi connectivity index (χ1) is 9.56. The number of nitrogens with zero attached hydrogens (tertiary/aromatic N) is 1. The summed E-state index contributed by atoms with van der Waals surface area (Å²) in [6, 6.07) is 9.99. The van der Waals surface area contributed by atoms with Crippen LogP contribution in [0.5, 0.6) is 5.75 Å². The summed E-state index contributed by atoms with van der Waals surface area (Å²) in [7, 11) is 12.0. The third-order valence-corrected chi connectivity index (χ3v) is 4.41. The standard InChI is InChI=1S/C15H15NO.2ClH.Ru/c1-11(2)17-15-5-4-14(10-12(15)3)13-6-8-16-9-7-13;;;/h3-11H,1-2H3;2*1H;/q;;;+2/p-2. The number of hydrogen-bond acceptors (Lipinski definition) is 2. The first-order valence-corrected chi connectivity index (χ1v) is 11.6. The third-order valence-electron chi connectivity index (χ3n) is 2.57. The molecule has 1 aromatic carbocycles. The van der Waals surface area contributed by atoms with Crippen LogP contribution in [-0.2, 0) is 13.5 Å². The van der Waals surface area contributed by atoms with E-state index < -0.39 is 13.5 Å². The van der Waals surface area contributed by atoms with Crippen molar-refractivity contribution in [3.8, 4) is 16.9 Å². The second-order valence-electron chi connectivity index (χ2n) is 4.46. The van der Waals surface area contributed by atoms with Crippen LogP contribution in [0, 0.1) is 0 Å². The zero-order valence-corrected chi connectivity index (χ0v) is 14.4. The number of pyridine rings is 1. The molecule has 1 aromatic heterocycles. The summed E-state index contributed by atoms with van der Waals surface area (Å²) in [5.41, 5.74) is 3.16. The van der Waals surface area contributed by atoms with Crippen molar-refractivity contribution >= 4 is 24.0 Å². The van der Waals surface area contributed by atoms with Gasteiger partial charge in [-0.05, 0) is 0 Å². The molecule has 2 nitrogen and oxygen atoms in total. The Hall–Kier alpha value is -0.757. The van der Waals surface area contributed by atoms with Crippen LogP contribution < -0.4 is 4.74 Å². The Morgan fingerprint density at radius 1 is 1.10 bits per heavy atom. The van der Waals surface area contributed by atoms with E-state index in [2.05, 4.69) is 11.1 Å². The molecular formula is C15H15Cl2NORu. The van der Waals surface area contributed by atoms with E-state index in [1.54, 1.807) is 12.4 Å². The zero-order valence-electron chi connectivity index (χ0n) is 11.2. The molecular weight excluding hydrogens is 382 g/mol. The normalized spacial score (nSPS) is 11.3. The molecule has 2 rings (SSSR count). The average molecular weight is 397 g/mol. The van der Waals surface area contributed by atoms with Crippen LogP contribution in [0.15, 0.2) is 42.7 Å². The van der Waals surface area contributed by atoms with E-state index in [-0.39, 0.29) is 6.10 Å². The van der Waals surface area contributed by atoms with Crippen molar-refractivity contribution in [2.45, 2.75) is 20.0 Å². The molecule has 0 saturated carbocycles. The Kier molecular flexibility index (Phi) is 5.71. The van der Waals surface area contributed by atoms with Crippen LogP contribution in [0.2, 0.25) is 0 Å². The molecule has 0 aliphatic carbocycles. The molecule has 108 valence electrons. The quantitative estimate of drug-likeness (QED) is 0.703. The molecule has 0 aliphatic heterocycles. The van der Waals surface area contributed by atoms with Gasteiger partial charge in [-0.2, -0.15) is 0 Å². The van der Waals surface area contributed by atoms with Gasteiger partial charge < -0.3 is 0 Å². The summed E-state index contributed by atoms with van der Waals surface area (Å²) < 4.78 is 7.71. The van der Waals surface area contributed by atoms with Crippen LogP contribution in [-0.4, -0.2) is 15.7 Å². The molecule has 0 atom stereocenters. The summed E-state index contributed by atoms with van der Waals surface area (Å²) in [5, 5.41) is 0. The summed E-state index contributed by atoms with van der Waals surface area (Å²) >= 11 is -1.90. The van der Waals surface area contributed by atoms with Crippen molar-refractivity contribution in [2.24, 2.45) is 0 Å². The summed E-state index contributed by atoms with van der Waals surface area (Å²) in [4.78, 5) is 4.03. The van der Waals surface area contributed by atoms with Gasteiger partial charge in [0.05, 0.1) is 0 Å². The van der Waals surface area contributed by atoms with Gasteiger partial charge >= 0.3 is 132 Å². The summed E-state index contributed by atoms with van der Waals surface area (Å²) in [6.45, 7) is 3.99. The Morgan fingerprint density at radius 3 is 2.40 bits per heavy atom. The average Bonchev–Trinajstić information content (AvgIpc) is 2.40. The van der Waals surface area contributed by atoms with E-state index >= 15 is 0 Å². The minimum absolute atomic E-state index is 0.111. The Bertz CT molecular complexity index is 611. The van der Waals surface area contributed by atoms with E-state index in [9.17, 15) is 0 Å². The molecule has 0 radical (unpaired) electrons. The molecule has 0 bridgehead atoms. The van der Waals surface area contributed by atoms with Gasteiger partial charge in [0, 0.05) is 0 Å². The van der Waals surface area contributed by atoms with E-state index in [1.807, 2.05) is 42.7 Å². The van der Waals surface area contributed by atoms with Crippen molar-refractivity contribution in [2.75, 3.05) is 0 Å². The molecule has 0 fully saturated rings. The molecule has 5 heteroatoms. The van der Waals surface area contributed by atoms with Crippen LogP contribution >= 0.6 is 19.4 Å². The predicted molar refractivity (Wildman–Crippen MR) is 82.3 cm³/mol. The van der Waals surface area contributed by atoms with E-state index in [0.29, 0.717) is 0 Å². The fourth-order valence-electron chi connectivity index (χ4n) is 1.80. The van der Waals surface area contributed by atoms with E-state index in [4.69, 9.17) is 24.1 Å². The van der Waals surface area contributed by atoms with Crippen molar-refractivity contribution in [1.82, 2.24) is 4.98 Å². The first kappa shape index (κ1) is 15.6. The monoisotopic (exact) mass is 397 g/mol. The predicted octanol–water partition coefficient (Wildman–Crippen LogP) is 4.61. The molecule has 0 aliphatic rings. The molecule has 0 N–H and O–H groups in total. The SMILES string of the molecule is CC(C)Oc1ccc(-c2ccncc2)cc1[CH]=[Ru]([Cl])[Cl]. The molecule has 0 unspecified atom stereocenters. The van der Waals surface area contributed by atoms with E-state index in [1.165, 1.54) is 0 Å². The van der Waals surface area contributed by atoms with Gasteiger partial charge in [-0.15, -0.1) is 0 Å². The van der Waals surface area contributed by atoms with Gasteiger partial charge in [-0.1, -0.05) is 0 Å². The Balaban J connectivity index is 2.46. The fraction of sp³-hybridized carbons (Fsp3) is 0.200. The fourth-order valence-corrected chi connectivity index (χ4v) is 3.58. The minimum atomic E-state index is -1.90. The maximum absolute atomic E-state index is 6.01. The van der Waals surface area contributed by atoms with Gasteiger partial charge in [0.2, 0.25) is 0 Å². The zero-order chi connectivity index (χ0) is 14.5. The molecule has 0 spiro atoms. The summed E-state index contributed by atoms with van der Waals surface area (Å²) in [5.74, 6) is 0.817. The second-order valence-corrected chi connectivity index (χ2v) is 10.2. The van der Waals surface area contributed by atoms with Crippen LogP contribution in [0.4, 0.5) is 0 Å². The van der Waals surface area contributed by atoms with Crippen LogP contribution in [0.1, 0.15) is 19.4 Å². The molecule has 1 heterocycles. The maximum atomic E-state index is 6.01. The molecule has 2 aromatic rings. The van der Waals surface area contributed by atoms with Crippen molar-refractivity contribution in [3.05, 3.63) is 48.3 Å². The van der Waals surface area contributed by atoms with Crippen LogP contribution in [0.25, 0.3) is 11.1 Å². The number of rotatable bonds is 4. The van der Waals surface area contributed by atoms with Crippen molar-refractivity contribution < 1.29 is 18.3 Å². The molecule has 0 saturated heterocycles. The number of ether oxygens (including phenoxy) is 1. The molecule has 0 amide bonds. The van der Waals surface area contributed by atoms with E-state index in [0.717, 1.165) is 22.4 Å². The number of benzene rings is 1. The number of aromatic nitrogens is 1. The van der Waals surface area contributed by atoms with Crippen molar-refractivity contribution in [3.63, 3.8) is 0 Å². The van der Waals surface area contributed by atoms with Gasteiger partial charge in [0.25, 0.3) is 0 Å². The third kappa shape index (κ3) is 4.38. The first-order valence-electron chi connectivity index (χ1n) is 6.10. The topological polar surface area (TPSA) is 22.1 Å². The molecule has 20 heavy (non-hydrogen) atoms. The number of halogens is 2. The van der Waals surface area contributed by atoms with Crippen LogP contribution in [0.3, 0.4) is 0 Å². The van der Waals surface area contributed by atoms with Gasteiger partial charge in [0.15, 0.2) is 0 Å². The van der Waals surface area contributed by atoms with Gasteiger partial charge in [0.1, 0.15) is 0 Å². The van der Waals surface area contributed by atoms with Crippen molar-refractivity contribution in [1.29, 1.82) is 0 Å². The Labute approximate surface area is 132 Å². The van der Waals surface area contributed by atoms with Gasteiger partial charge in [-0.25, -0.2) is 0 Å². The Morgan fingerprint density at radius 2 is 1.80 bits per heavy atom. The second kappa shape index (κ2) is 7.31. The number of hydrogen-bond donors (Lipinski definition) is 0.